The molecule has 1 aliphatic heterocycles. The maximum absolute atomic E-state index is 13.8. The van der Waals surface area contributed by atoms with Crippen LogP contribution in [0.4, 0.5) is 13.2 Å². The number of oxime groups is 1. The minimum atomic E-state index is -0.982. The van der Waals surface area contributed by atoms with Gasteiger partial charge in [0.05, 0.1) is 7.11 Å². The molecule has 5 nitrogen and oxygen atoms in total. The Hall–Kier alpha value is -3.39. The molecule has 0 spiro atoms. The fourth-order valence-electron chi connectivity index (χ4n) is 4.25. The maximum atomic E-state index is 13.8. The van der Waals surface area contributed by atoms with Gasteiger partial charge in [-0.2, -0.15) is 0 Å². The van der Waals surface area contributed by atoms with Crippen molar-refractivity contribution in [1.29, 1.82) is 0 Å². The number of alkyl halides is 1. The summed E-state index contributed by atoms with van der Waals surface area (Å²) in [6.07, 6.45) is 2.05. The van der Waals surface area contributed by atoms with E-state index in [0.717, 1.165) is 55.9 Å². The minimum Gasteiger partial charge on any atom is -0.481 e. The summed E-state index contributed by atoms with van der Waals surface area (Å²) in [7, 11) is 1.63. The lowest BCUT2D eigenvalue weighted by Gasteiger charge is -2.31. The van der Waals surface area contributed by atoms with Crippen molar-refractivity contribution in [2.45, 2.75) is 25.3 Å². The van der Waals surface area contributed by atoms with Crippen molar-refractivity contribution >= 4 is 5.71 Å². The van der Waals surface area contributed by atoms with Crippen LogP contribution >= 0.6 is 0 Å². The zero-order valence-corrected chi connectivity index (χ0v) is 19.6. The summed E-state index contributed by atoms with van der Waals surface area (Å²) < 4.78 is 44.9. The Balaban J connectivity index is 1.41. The SMILES string of the molecule is COc1cccc(C2CCN(Cc3ccc(/C(=N/OCCF)c4ccc(F)c(F)c4)cc3)CC2)n1. The number of likely N-dealkylation sites (tertiary alicyclic amines) is 1. The summed E-state index contributed by atoms with van der Waals surface area (Å²) in [4.78, 5) is 12.0. The highest BCUT2D eigenvalue weighted by molar-refractivity contribution is 6.12. The van der Waals surface area contributed by atoms with Crippen LogP contribution in [0.1, 0.15) is 41.1 Å². The minimum absolute atomic E-state index is 0.216. The van der Waals surface area contributed by atoms with E-state index in [1.807, 2.05) is 36.4 Å². The van der Waals surface area contributed by atoms with Crippen molar-refractivity contribution in [2.75, 3.05) is 33.5 Å². The molecule has 0 bridgehead atoms. The largest absolute Gasteiger partial charge is 0.481 e. The van der Waals surface area contributed by atoms with Gasteiger partial charge in [0.15, 0.2) is 11.6 Å². The third kappa shape index (κ3) is 6.39. The number of piperidine rings is 1. The van der Waals surface area contributed by atoms with Crippen molar-refractivity contribution in [3.8, 4) is 5.88 Å². The highest BCUT2D eigenvalue weighted by atomic mass is 19.2. The Kier molecular flexibility index (Phi) is 8.36. The van der Waals surface area contributed by atoms with Gasteiger partial charge in [-0.3, -0.25) is 4.90 Å². The topological polar surface area (TPSA) is 47.0 Å². The van der Waals surface area contributed by atoms with E-state index < -0.39 is 18.3 Å². The molecule has 0 amide bonds. The molecule has 2 heterocycles. The lowest BCUT2D eigenvalue weighted by atomic mass is 9.92. The van der Waals surface area contributed by atoms with Gasteiger partial charge in [0.2, 0.25) is 5.88 Å². The van der Waals surface area contributed by atoms with Crippen molar-refractivity contribution < 1.29 is 22.7 Å². The number of nitrogens with zero attached hydrogens (tertiary/aromatic N) is 3. The molecule has 0 saturated carbocycles. The molecule has 0 atom stereocenters. The second-order valence-corrected chi connectivity index (χ2v) is 8.44. The first-order valence-corrected chi connectivity index (χ1v) is 11.6. The van der Waals surface area contributed by atoms with Crippen LogP contribution in [0.15, 0.2) is 65.8 Å². The van der Waals surface area contributed by atoms with Gasteiger partial charge in [0.1, 0.15) is 19.0 Å². The molecule has 35 heavy (non-hydrogen) atoms. The Morgan fingerprint density at radius 2 is 1.74 bits per heavy atom. The molecule has 1 aromatic heterocycles. The molecule has 3 aromatic rings. The number of halogens is 3. The quantitative estimate of drug-likeness (QED) is 0.230. The van der Waals surface area contributed by atoms with E-state index in [1.54, 1.807) is 7.11 Å². The lowest BCUT2D eigenvalue weighted by molar-refractivity contribution is 0.128. The zero-order valence-electron chi connectivity index (χ0n) is 19.6. The fraction of sp³-hybridized carbons (Fsp3) is 0.333. The van der Waals surface area contributed by atoms with Crippen molar-refractivity contribution in [2.24, 2.45) is 5.16 Å². The number of hydrogen-bond acceptors (Lipinski definition) is 5. The Bertz CT molecular complexity index is 1150. The monoisotopic (exact) mass is 483 g/mol. The van der Waals surface area contributed by atoms with Gasteiger partial charge in [-0.1, -0.05) is 35.5 Å². The molecule has 0 N–H and O–H groups in total. The van der Waals surface area contributed by atoms with Crippen LogP contribution in [0, 0.1) is 11.6 Å². The van der Waals surface area contributed by atoms with Gasteiger partial charge in [-0.25, -0.2) is 18.2 Å². The summed E-state index contributed by atoms with van der Waals surface area (Å²) in [5.74, 6) is -0.863. The lowest BCUT2D eigenvalue weighted by Crippen LogP contribution is -2.32. The van der Waals surface area contributed by atoms with Gasteiger partial charge < -0.3 is 9.57 Å². The smallest absolute Gasteiger partial charge is 0.213 e. The van der Waals surface area contributed by atoms with Gasteiger partial charge in [-0.15, -0.1) is 0 Å². The van der Waals surface area contributed by atoms with E-state index in [1.165, 1.54) is 6.07 Å². The molecule has 184 valence electrons. The second kappa shape index (κ2) is 11.8. The van der Waals surface area contributed by atoms with Crippen LogP contribution < -0.4 is 4.74 Å². The molecule has 4 rings (SSSR count). The number of pyridine rings is 1. The van der Waals surface area contributed by atoms with E-state index in [4.69, 9.17) is 9.57 Å². The number of hydrogen-bond donors (Lipinski definition) is 0. The number of benzene rings is 2. The fourth-order valence-corrected chi connectivity index (χ4v) is 4.25. The standard InChI is InChI=1S/C27H28F3N3O2/c1-34-26-4-2-3-25(31-26)20-11-14-33(15-12-20)18-19-5-7-21(8-6-19)27(32-35-16-13-28)22-9-10-23(29)24(30)17-22/h2-10,17,20H,11-16,18H2,1H3/b32-27-. The summed E-state index contributed by atoms with van der Waals surface area (Å²) in [6.45, 7) is 1.81. The predicted molar refractivity (Wildman–Crippen MR) is 128 cm³/mol. The van der Waals surface area contributed by atoms with Crippen LogP contribution in [0.2, 0.25) is 0 Å². The third-order valence-electron chi connectivity index (χ3n) is 6.11. The van der Waals surface area contributed by atoms with Crippen LogP contribution in [0.3, 0.4) is 0 Å². The molecule has 0 radical (unpaired) electrons. The van der Waals surface area contributed by atoms with Gasteiger partial charge in [-0.05, 0) is 55.8 Å². The molecule has 0 aliphatic carbocycles. The number of aromatic nitrogens is 1. The van der Waals surface area contributed by atoms with Crippen molar-refractivity contribution in [3.63, 3.8) is 0 Å². The average Bonchev–Trinajstić information content (AvgIpc) is 2.89. The first-order chi connectivity index (χ1) is 17.1. The molecular formula is C27H28F3N3O2. The van der Waals surface area contributed by atoms with E-state index in [2.05, 4.69) is 21.1 Å². The predicted octanol–water partition coefficient (Wildman–Crippen LogP) is 5.49. The third-order valence-corrected chi connectivity index (χ3v) is 6.11. The number of ether oxygens (including phenoxy) is 1. The van der Waals surface area contributed by atoms with Gasteiger partial charge >= 0.3 is 0 Å². The summed E-state index contributed by atoms with van der Waals surface area (Å²) in [5.41, 5.74) is 3.54. The maximum Gasteiger partial charge on any atom is 0.213 e. The first-order valence-electron chi connectivity index (χ1n) is 11.6. The van der Waals surface area contributed by atoms with Crippen molar-refractivity contribution in [1.82, 2.24) is 9.88 Å². The summed E-state index contributed by atoms with van der Waals surface area (Å²) in [6, 6.07) is 17.1. The zero-order chi connectivity index (χ0) is 24.6. The van der Waals surface area contributed by atoms with Crippen LogP contribution in [0.25, 0.3) is 0 Å². The molecule has 1 saturated heterocycles. The number of rotatable bonds is 9. The number of methoxy groups -OCH3 is 1. The van der Waals surface area contributed by atoms with Crippen LogP contribution in [0.5, 0.6) is 5.88 Å². The average molecular weight is 484 g/mol. The van der Waals surface area contributed by atoms with Gasteiger partial charge in [0.25, 0.3) is 0 Å². The van der Waals surface area contributed by atoms with Crippen LogP contribution in [-0.2, 0) is 11.4 Å². The Morgan fingerprint density at radius 1 is 1.00 bits per heavy atom. The van der Waals surface area contributed by atoms with E-state index in [-0.39, 0.29) is 6.61 Å². The highest BCUT2D eigenvalue weighted by Gasteiger charge is 2.22. The molecular weight excluding hydrogens is 455 g/mol. The van der Waals surface area contributed by atoms with Crippen LogP contribution in [-0.4, -0.2) is 49.1 Å². The highest BCUT2D eigenvalue weighted by Crippen LogP contribution is 2.28. The Morgan fingerprint density at radius 3 is 2.43 bits per heavy atom. The Labute approximate surface area is 203 Å². The molecule has 2 aromatic carbocycles. The van der Waals surface area contributed by atoms with E-state index >= 15 is 0 Å². The second-order valence-electron chi connectivity index (χ2n) is 8.44. The van der Waals surface area contributed by atoms with E-state index in [9.17, 15) is 13.2 Å². The summed E-state index contributed by atoms with van der Waals surface area (Å²) >= 11 is 0. The molecule has 1 aliphatic rings. The van der Waals surface area contributed by atoms with Crippen molar-refractivity contribution in [3.05, 3.63) is 94.7 Å². The van der Waals surface area contributed by atoms with Gasteiger partial charge in [0, 0.05) is 35.3 Å². The molecule has 8 heteroatoms. The van der Waals surface area contributed by atoms with E-state index in [0.29, 0.717) is 28.6 Å². The summed E-state index contributed by atoms with van der Waals surface area (Å²) in [5, 5.41) is 3.98. The molecule has 0 unspecified atom stereocenters. The first kappa shape index (κ1) is 24.7. The molecule has 1 fully saturated rings. The normalized spacial score (nSPS) is 15.3.